The lowest BCUT2D eigenvalue weighted by molar-refractivity contribution is 0.00781. The molecule has 1 aromatic carbocycles. The molecule has 0 radical (unpaired) electrons. The minimum atomic E-state index is 0.252. The van der Waals surface area contributed by atoms with Gasteiger partial charge in [-0.05, 0) is 30.6 Å². The number of aryl methyl sites for hydroxylation is 1. The summed E-state index contributed by atoms with van der Waals surface area (Å²) < 4.78 is 11.2. The van der Waals surface area contributed by atoms with Gasteiger partial charge in [0.15, 0.2) is 5.82 Å². The van der Waals surface area contributed by atoms with Gasteiger partial charge in [0.1, 0.15) is 5.69 Å². The van der Waals surface area contributed by atoms with Crippen molar-refractivity contribution in [3.05, 3.63) is 29.6 Å². The first-order valence-electron chi connectivity index (χ1n) is 7.94. The molecule has 0 N–H and O–H groups in total. The summed E-state index contributed by atoms with van der Waals surface area (Å²) in [5, 5.41) is 5.35. The van der Waals surface area contributed by atoms with E-state index in [1.54, 1.807) is 0 Å². The van der Waals surface area contributed by atoms with Crippen molar-refractivity contribution in [3.8, 4) is 11.6 Å². The maximum Gasteiger partial charge on any atom is 0.278 e. The molecule has 0 saturated carbocycles. The lowest BCUT2D eigenvalue weighted by Gasteiger charge is -2.46. The molecule has 6 rings (SSSR count). The first-order valence-corrected chi connectivity index (χ1v) is 8.72. The molecule has 6 nitrogen and oxygen atoms in total. The van der Waals surface area contributed by atoms with Crippen molar-refractivity contribution < 1.29 is 4.52 Å². The van der Waals surface area contributed by atoms with E-state index in [1.165, 1.54) is 17.1 Å². The van der Waals surface area contributed by atoms with E-state index in [4.69, 9.17) is 4.52 Å². The van der Waals surface area contributed by atoms with Crippen LogP contribution in [0.15, 0.2) is 22.7 Å². The zero-order chi connectivity index (χ0) is 15.4. The van der Waals surface area contributed by atoms with Crippen LogP contribution in [-0.2, 0) is 0 Å². The Bertz CT molecular complexity index is 864. The molecule has 1 unspecified atom stereocenters. The van der Waals surface area contributed by atoms with Crippen molar-refractivity contribution >= 4 is 21.6 Å². The van der Waals surface area contributed by atoms with E-state index in [9.17, 15) is 0 Å². The minimum Gasteiger partial charge on any atom is -0.332 e. The zero-order valence-electron chi connectivity index (χ0n) is 12.9. The second-order valence-electron chi connectivity index (χ2n) is 6.34. The summed E-state index contributed by atoms with van der Waals surface area (Å²) in [7, 11) is 0. The standard InChI is InChI=1S/C16H17N5OS/c1-10-2-3-13-11(8-10)14(19-23-13)16-17-15(18-22-16)12-9-20-4-6-21(12)7-5-20/h2-3,8,12H,4-7,9H2,1H3. The van der Waals surface area contributed by atoms with Gasteiger partial charge in [-0.15, -0.1) is 0 Å². The maximum absolute atomic E-state index is 5.56. The van der Waals surface area contributed by atoms with Gasteiger partial charge >= 0.3 is 0 Å². The van der Waals surface area contributed by atoms with E-state index < -0.39 is 0 Å². The van der Waals surface area contributed by atoms with Gasteiger partial charge in [0.2, 0.25) is 0 Å². The second kappa shape index (κ2) is 5.09. The van der Waals surface area contributed by atoms with Gasteiger partial charge in [-0.1, -0.05) is 16.8 Å². The van der Waals surface area contributed by atoms with Crippen molar-refractivity contribution in [1.29, 1.82) is 0 Å². The fourth-order valence-electron chi connectivity index (χ4n) is 3.54. The van der Waals surface area contributed by atoms with Gasteiger partial charge in [-0.2, -0.15) is 9.36 Å². The third-order valence-corrected chi connectivity index (χ3v) is 5.67. The van der Waals surface area contributed by atoms with Crippen LogP contribution in [0.5, 0.6) is 0 Å². The normalized spacial score (nSPS) is 26.9. The predicted octanol–water partition coefficient (Wildman–Crippen LogP) is 2.33. The van der Waals surface area contributed by atoms with Crippen molar-refractivity contribution in [1.82, 2.24) is 24.3 Å². The Balaban J connectivity index is 1.52. The Morgan fingerprint density at radius 1 is 1.22 bits per heavy atom. The molecule has 2 aromatic heterocycles. The van der Waals surface area contributed by atoms with Crippen LogP contribution in [-0.4, -0.2) is 57.0 Å². The molecular weight excluding hydrogens is 310 g/mol. The van der Waals surface area contributed by atoms with E-state index in [0.717, 1.165) is 54.3 Å². The number of hydrogen-bond acceptors (Lipinski definition) is 7. The number of benzene rings is 1. The molecule has 0 amide bonds. The van der Waals surface area contributed by atoms with Gasteiger partial charge in [0.05, 0.1) is 10.7 Å². The van der Waals surface area contributed by atoms with Gasteiger partial charge in [0, 0.05) is 38.1 Å². The van der Waals surface area contributed by atoms with Gasteiger partial charge in [-0.25, -0.2) is 0 Å². The maximum atomic E-state index is 5.56. The highest BCUT2D eigenvalue weighted by Gasteiger charge is 2.35. The fraction of sp³-hybridized carbons (Fsp3) is 0.438. The third-order valence-electron chi connectivity index (χ3n) is 4.85. The van der Waals surface area contributed by atoms with Crippen LogP contribution in [0.1, 0.15) is 17.4 Å². The first-order chi connectivity index (χ1) is 11.3. The molecule has 2 bridgehead atoms. The number of rotatable bonds is 2. The molecule has 5 heterocycles. The summed E-state index contributed by atoms with van der Waals surface area (Å²) in [4.78, 5) is 9.60. The summed E-state index contributed by atoms with van der Waals surface area (Å²) in [6.45, 7) is 7.56. The second-order valence-corrected chi connectivity index (χ2v) is 7.15. The van der Waals surface area contributed by atoms with Gasteiger partial charge < -0.3 is 4.52 Å². The number of fused-ring (bicyclic) bond motifs is 4. The highest BCUT2D eigenvalue weighted by atomic mass is 32.1. The van der Waals surface area contributed by atoms with Crippen LogP contribution < -0.4 is 0 Å². The van der Waals surface area contributed by atoms with E-state index in [1.807, 2.05) is 0 Å². The molecule has 3 fully saturated rings. The van der Waals surface area contributed by atoms with Crippen molar-refractivity contribution in [3.63, 3.8) is 0 Å². The number of hydrogen-bond donors (Lipinski definition) is 0. The molecule has 23 heavy (non-hydrogen) atoms. The highest BCUT2D eigenvalue weighted by Crippen LogP contribution is 2.33. The molecule has 3 aliphatic heterocycles. The minimum absolute atomic E-state index is 0.252. The average molecular weight is 327 g/mol. The lowest BCUT2D eigenvalue weighted by Crippen LogP contribution is -2.57. The summed E-state index contributed by atoms with van der Waals surface area (Å²) in [6.07, 6.45) is 0. The fourth-order valence-corrected chi connectivity index (χ4v) is 4.28. The molecule has 0 spiro atoms. The molecule has 3 aromatic rings. The Morgan fingerprint density at radius 3 is 2.87 bits per heavy atom. The summed E-state index contributed by atoms with van der Waals surface area (Å²) >= 11 is 1.48. The lowest BCUT2D eigenvalue weighted by atomic mass is 10.1. The number of piperazine rings is 3. The first kappa shape index (κ1) is 13.6. The molecule has 0 aliphatic carbocycles. The quantitative estimate of drug-likeness (QED) is 0.720. The largest absolute Gasteiger partial charge is 0.332 e. The zero-order valence-corrected chi connectivity index (χ0v) is 13.7. The van der Waals surface area contributed by atoms with Crippen molar-refractivity contribution in [2.75, 3.05) is 32.7 Å². The van der Waals surface area contributed by atoms with E-state index in [-0.39, 0.29) is 6.04 Å². The Kier molecular flexibility index (Phi) is 3.01. The molecule has 1 atom stereocenters. The van der Waals surface area contributed by atoms with E-state index in [0.29, 0.717) is 5.89 Å². The van der Waals surface area contributed by atoms with Crippen molar-refractivity contribution in [2.24, 2.45) is 0 Å². The molecule has 3 aliphatic rings. The van der Waals surface area contributed by atoms with Gasteiger partial charge in [-0.3, -0.25) is 9.80 Å². The van der Waals surface area contributed by atoms with Crippen LogP contribution in [0.4, 0.5) is 0 Å². The van der Waals surface area contributed by atoms with Crippen LogP contribution in [0.3, 0.4) is 0 Å². The van der Waals surface area contributed by atoms with Crippen LogP contribution in [0.25, 0.3) is 21.7 Å². The Morgan fingerprint density at radius 2 is 2.09 bits per heavy atom. The number of aromatic nitrogens is 3. The Labute approximate surface area is 137 Å². The molecule has 3 saturated heterocycles. The monoisotopic (exact) mass is 327 g/mol. The van der Waals surface area contributed by atoms with E-state index >= 15 is 0 Å². The van der Waals surface area contributed by atoms with Crippen molar-refractivity contribution in [2.45, 2.75) is 13.0 Å². The molecule has 118 valence electrons. The number of nitrogens with zero attached hydrogens (tertiary/aromatic N) is 5. The van der Waals surface area contributed by atoms with Crippen LogP contribution in [0, 0.1) is 6.92 Å². The van der Waals surface area contributed by atoms with Crippen LogP contribution in [0.2, 0.25) is 0 Å². The van der Waals surface area contributed by atoms with E-state index in [2.05, 4.69) is 49.4 Å². The van der Waals surface area contributed by atoms with Gasteiger partial charge in [0.25, 0.3) is 5.89 Å². The highest BCUT2D eigenvalue weighted by molar-refractivity contribution is 7.13. The molecular formula is C16H17N5OS. The van der Waals surface area contributed by atoms with Crippen LogP contribution >= 0.6 is 11.5 Å². The summed E-state index contributed by atoms with van der Waals surface area (Å²) in [5.74, 6) is 1.33. The SMILES string of the molecule is Cc1ccc2snc(-c3nc(C4CN5CCN4CC5)no3)c2c1. The Hall–Kier alpha value is -1.83. The topological polar surface area (TPSA) is 58.3 Å². The predicted molar refractivity (Wildman–Crippen MR) is 88.4 cm³/mol. The average Bonchev–Trinajstić information content (AvgIpc) is 3.22. The summed E-state index contributed by atoms with van der Waals surface area (Å²) in [6, 6.07) is 6.59. The molecule has 7 heteroatoms. The smallest absolute Gasteiger partial charge is 0.278 e. The summed E-state index contributed by atoms with van der Waals surface area (Å²) in [5.41, 5.74) is 2.02. The third kappa shape index (κ3) is 2.19.